The Labute approximate surface area is 115 Å². The summed E-state index contributed by atoms with van der Waals surface area (Å²) in [6.07, 6.45) is 6.88. The van der Waals surface area contributed by atoms with Crippen LogP contribution in [0.1, 0.15) is 44.6 Å². The second-order valence-corrected chi connectivity index (χ2v) is 7.05. The lowest BCUT2D eigenvalue weighted by atomic mass is 9.84. The summed E-state index contributed by atoms with van der Waals surface area (Å²) in [5.41, 5.74) is 0.611. The Bertz CT molecular complexity index is 529. The van der Waals surface area contributed by atoms with Crippen molar-refractivity contribution in [1.82, 2.24) is 4.72 Å². The lowest BCUT2D eigenvalue weighted by Gasteiger charge is -2.33. The van der Waals surface area contributed by atoms with Gasteiger partial charge in [-0.2, -0.15) is 0 Å². The second-order valence-electron chi connectivity index (χ2n) is 5.48. The van der Waals surface area contributed by atoms with E-state index >= 15 is 0 Å². The van der Waals surface area contributed by atoms with Gasteiger partial charge in [-0.05, 0) is 31.4 Å². The van der Waals surface area contributed by atoms with Crippen molar-refractivity contribution in [1.29, 1.82) is 0 Å². The Hall–Kier alpha value is -1.13. The molecule has 3 nitrogen and oxygen atoms in total. The van der Waals surface area contributed by atoms with E-state index in [1.807, 2.05) is 37.3 Å². The van der Waals surface area contributed by atoms with Crippen molar-refractivity contribution >= 4 is 16.1 Å². The van der Waals surface area contributed by atoms with Gasteiger partial charge in [0.05, 0.1) is 0 Å². The van der Waals surface area contributed by atoms with Crippen molar-refractivity contribution in [3.05, 3.63) is 41.3 Å². The summed E-state index contributed by atoms with van der Waals surface area (Å²) < 4.78 is 27.0. The molecule has 0 heterocycles. The van der Waals surface area contributed by atoms with Gasteiger partial charge >= 0.3 is 0 Å². The molecule has 0 spiro atoms. The zero-order chi connectivity index (χ0) is 13.8. The van der Waals surface area contributed by atoms with E-state index in [-0.39, 0.29) is 5.54 Å². The highest BCUT2D eigenvalue weighted by Gasteiger charge is 2.30. The normalized spacial score (nSPS) is 19.6. The van der Waals surface area contributed by atoms with E-state index < -0.39 is 10.0 Å². The van der Waals surface area contributed by atoms with Gasteiger partial charge in [-0.3, -0.25) is 0 Å². The second kappa shape index (κ2) is 5.88. The molecule has 0 saturated heterocycles. The third-order valence-corrected chi connectivity index (χ3v) is 4.86. The molecule has 0 amide bonds. The molecule has 0 aromatic heterocycles. The lowest BCUT2D eigenvalue weighted by molar-refractivity contribution is 0.295. The summed E-state index contributed by atoms with van der Waals surface area (Å²) in [6.45, 7) is 2.00. The molecule has 0 bridgehead atoms. The predicted octanol–water partition coefficient (Wildman–Crippen LogP) is 3.30. The first kappa shape index (κ1) is 14.3. The molecule has 1 aliphatic carbocycles. The highest BCUT2D eigenvalue weighted by Crippen LogP contribution is 2.28. The van der Waals surface area contributed by atoms with Crippen molar-refractivity contribution in [3.63, 3.8) is 0 Å². The van der Waals surface area contributed by atoms with Crippen molar-refractivity contribution in [3.8, 4) is 0 Å². The van der Waals surface area contributed by atoms with Crippen LogP contribution in [0, 0.1) is 0 Å². The van der Waals surface area contributed by atoms with E-state index in [9.17, 15) is 8.42 Å². The Kier molecular flexibility index (Phi) is 4.42. The molecule has 0 aliphatic heterocycles. The molecule has 1 aromatic rings. The molecule has 1 saturated carbocycles. The van der Waals surface area contributed by atoms with E-state index in [1.54, 1.807) is 6.08 Å². The first-order chi connectivity index (χ1) is 8.99. The smallest absolute Gasteiger partial charge is 0.208 e. The van der Waals surface area contributed by atoms with Crippen LogP contribution in [0.4, 0.5) is 0 Å². The summed E-state index contributed by atoms with van der Waals surface area (Å²) in [4.78, 5) is 0. The van der Waals surface area contributed by atoms with Crippen LogP contribution in [-0.4, -0.2) is 14.0 Å². The van der Waals surface area contributed by atoms with Gasteiger partial charge in [-0.1, -0.05) is 49.6 Å². The molecule has 0 radical (unpaired) electrons. The maximum absolute atomic E-state index is 12.1. The van der Waals surface area contributed by atoms with Gasteiger partial charge in [0.2, 0.25) is 10.0 Å². The molecular formula is C15H21NO2S. The molecule has 0 atom stereocenters. The predicted molar refractivity (Wildman–Crippen MR) is 79.0 cm³/mol. The van der Waals surface area contributed by atoms with E-state index in [2.05, 4.69) is 4.72 Å². The monoisotopic (exact) mass is 279 g/mol. The van der Waals surface area contributed by atoms with Gasteiger partial charge in [0.1, 0.15) is 0 Å². The zero-order valence-corrected chi connectivity index (χ0v) is 12.1. The van der Waals surface area contributed by atoms with Crippen LogP contribution in [0.5, 0.6) is 0 Å². The molecule has 0 unspecified atom stereocenters. The molecule has 19 heavy (non-hydrogen) atoms. The number of rotatable bonds is 4. The third-order valence-electron chi connectivity index (χ3n) is 3.58. The standard InChI is InChI=1S/C15H21NO2S/c1-15(11-6-3-7-12-15)16-19(17,18)13-10-14-8-4-2-5-9-14/h2,4-5,8-10,13,16H,3,6-7,11-12H2,1H3. The summed E-state index contributed by atoms with van der Waals surface area (Å²) in [5, 5.41) is 1.27. The molecule has 1 fully saturated rings. The third kappa shape index (κ3) is 4.48. The Morgan fingerprint density at radius 2 is 1.74 bits per heavy atom. The fraction of sp³-hybridized carbons (Fsp3) is 0.467. The summed E-state index contributed by atoms with van der Waals surface area (Å²) in [6, 6.07) is 9.46. The van der Waals surface area contributed by atoms with Crippen molar-refractivity contribution < 1.29 is 8.42 Å². The van der Waals surface area contributed by atoms with Crippen LogP contribution in [0.2, 0.25) is 0 Å². The Morgan fingerprint density at radius 3 is 2.37 bits per heavy atom. The van der Waals surface area contributed by atoms with Crippen LogP contribution in [0.25, 0.3) is 6.08 Å². The number of benzene rings is 1. The fourth-order valence-corrected chi connectivity index (χ4v) is 3.84. The molecular weight excluding hydrogens is 258 g/mol. The number of nitrogens with one attached hydrogen (secondary N) is 1. The Balaban J connectivity index is 2.04. The highest BCUT2D eigenvalue weighted by molar-refractivity contribution is 7.92. The molecule has 104 valence electrons. The minimum Gasteiger partial charge on any atom is -0.208 e. The average molecular weight is 279 g/mol. The molecule has 1 aliphatic rings. The highest BCUT2D eigenvalue weighted by atomic mass is 32.2. The minimum atomic E-state index is -3.37. The first-order valence-electron chi connectivity index (χ1n) is 6.76. The van der Waals surface area contributed by atoms with Gasteiger partial charge in [-0.25, -0.2) is 13.1 Å². The van der Waals surface area contributed by atoms with Crippen LogP contribution in [0.15, 0.2) is 35.7 Å². The number of sulfonamides is 1. The molecule has 2 rings (SSSR count). The van der Waals surface area contributed by atoms with E-state index in [4.69, 9.17) is 0 Å². The van der Waals surface area contributed by atoms with Crippen molar-refractivity contribution in [2.45, 2.75) is 44.6 Å². The maximum atomic E-state index is 12.1. The molecule has 4 heteroatoms. The van der Waals surface area contributed by atoms with Crippen molar-refractivity contribution in [2.75, 3.05) is 0 Å². The van der Waals surface area contributed by atoms with Gasteiger partial charge in [-0.15, -0.1) is 0 Å². The minimum absolute atomic E-state index is 0.280. The van der Waals surface area contributed by atoms with Gasteiger partial charge in [0, 0.05) is 10.9 Å². The largest absolute Gasteiger partial charge is 0.234 e. The topological polar surface area (TPSA) is 46.2 Å². The maximum Gasteiger partial charge on any atom is 0.234 e. The van der Waals surface area contributed by atoms with E-state index in [0.29, 0.717) is 0 Å². The van der Waals surface area contributed by atoms with Crippen LogP contribution in [0.3, 0.4) is 0 Å². The SMILES string of the molecule is CC1(NS(=O)(=O)C=Cc2ccccc2)CCCCC1. The Morgan fingerprint density at radius 1 is 1.11 bits per heavy atom. The van der Waals surface area contributed by atoms with Crippen LogP contribution in [-0.2, 0) is 10.0 Å². The van der Waals surface area contributed by atoms with Crippen LogP contribution < -0.4 is 4.72 Å². The number of hydrogen-bond acceptors (Lipinski definition) is 2. The lowest BCUT2D eigenvalue weighted by Crippen LogP contribution is -2.46. The van der Waals surface area contributed by atoms with Gasteiger partial charge < -0.3 is 0 Å². The van der Waals surface area contributed by atoms with Gasteiger partial charge in [0.25, 0.3) is 0 Å². The molecule has 1 aromatic carbocycles. The van der Waals surface area contributed by atoms with E-state index in [0.717, 1.165) is 31.2 Å². The fourth-order valence-electron chi connectivity index (χ4n) is 2.54. The average Bonchev–Trinajstić information content (AvgIpc) is 2.37. The van der Waals surface area contributed by atoms with Crippen molar-refractivity contribution in [2.24, 2.45) is 0 Å². The number of hydrogen-bond donors (Lipinski definition) is 1. The van der Waals surface area contributed by atoms with Gasteiger partial charge in [0.15, 0.2) is 0 Å². The summed E-state index contributed by atoms with van der Waals surface area (Å²) >= 11 is 0. The summed E-state index contributed by atoms with van der Waals surface area (Å²) in [7, 11) is -3.37. The van der Waals surface area contributed by atoms with E-state index in [1.165, 1.54) is 11.8 Å². The first-order valence-corrected chi connectivity index (χ1v) is 8.31. The summed E-state index contributed by atoms with van der Waals surface area (Å²) in [5.74, 6) is 0. The molecule has 1 N–H and O–H groups in total. The zero-order valence-electron chi connectivity index (χ0n) is 11.3. The van der Waals surface area contributed by atoms with Crippen LogP contribution >= 0.6 is 0 Å². The quantitative estimate of drug-likeness (QED) is 0.919.